The summed E-state index contributed by atoms with van der Waals surface area (Å²) in [5, 5.41) is 22.6. The van der Waals surface area contributed by atoms with Gasteiger partial charge in [0.1, 0.15) is 5.56 Å². The fourth-order valence-corrected chi connectivity index (χ4v) is 7.94. The molecule has 1 fully saturated rings. The van der Waals surface area contributed by atoms with E-state index < -0.39 is 16.7 Å². The summed E-state index contributed by atoms with van der Waals surface area (Å²) < 4.78 is 28.8. The highest BCUT2D eigenvalue weighted by atomic mass is 79.9. The molecule has 1 aliphatic carbocycles. The number of carboxylic acid groups (broad SMARTS) is 1. The van der Waals surface area contributed by atoms with Crippen LogP contribution in [0.25, 0.3) is 5.69 Å². The molecule has 3 unspecified atom stereocenters. The standard InChI is InChI=1S/C27H29BrN6O4S/c1-16-8-18-6-7-19(28)10-25(18)39(37,38)33(13-16)14-17-4-3-5-20(9-17)34-26(23(12-29-34)27(35)36)22-11-21(22)24-15-32(2)31-30-24/h3-7,9-10,12,15-16,21-22,37-38H,8,11,13-14H2,1-2H3,(H,35,36). The molecule has 10 nitrogen and oxygen atoms in total. The van der Waals surface area contributed by atoms with E-state index in [1.807, 2.05) is 49.6 Å². The molecule has 3 heterocycles. The lowest BCUT2D eigenvalue weighted by atomic mass is 10.0. The third-order valence-electron chi connectivity index (χ3n) is 7.46. The number of rotatable bonds is 6. The number of aromatic carboxylic acids is 1. The Morgan fingerprint density at radius 1 is 1.18 bits per heavy atom. The molecule has 2 aromatic carbocycles. The van der Waals surface area contributed by atoms with Crippen LogP contribution in [0.3, 0.4) is 0 Å². The van der Waals surface area contributed by atoms with E-state index >= 15 is 0 Å². The SMILES string of the molecule is CC1Cc2ccc(Br)cc2S(O)(O)N(Cc2cccc(-n3ncc(C(=O)O)c3C3CC3c3cn(C)nn3)c2)C1. The van der Waals surface area contributed by atoms with Crippen molar-refractivity contribution in [3.8, 4) is 5.69 Å². The van der Waals surface area contributed by atoms with Crippen molar-refractivity contribution >= 4 is 32.7 Å². The normalized spacial score (nSPS) is 23.2. The van der Waals surface area contributed by atoms with E-state index in [1.165, 1.54) is 6.20 Å². The Labute approximate surface area is 235 Å². The minimum absolute atomic E-state index is 0.0349. The molecule has 3 N–H and O–H groups in total. The largest absolute Gasteiger partial charge is 0.478 e. The van der Waals surface area contributed by atoms with Crippen molar-refractivity contribution in [2.45, 2.75) is 43.0 Å². The van der Waals surface area contributed by atoms with E-state index in [0.29, 0.717) is 23.7 Å². The van der Waals surface area contributed by atoms with Crippen molar-refractivity contribution in [1.29, 1.82) is 0 Å². The predicted molar refractivity (Wildman–Crippen MR) is 150 cm³/mol. The smallest absolute Gasteiger partial charge is 0.339 e. The number of aryl methyl sites for hydroxylation is 1. The van der Waals surface area contributed by atoms with E-state index in [2.05, 4.69) is 38.3 Å². The lowest BCUT2D eigenvalue weighted by Crippen LogP contribution is -2.30. The summed E-state index contributed by atoms with van der Waals surface area (Å²) in [7, 11) is -1.41. The van der Waals surface area contributed by atoms with Crippen LogP contribution in [0.2, 0.25) is 0 Å². The van der Waals surface area contributed by atoms with Gasteiger partial charge < -0.3 is 5.11 Å². The Balaban J connectivity index is 1.32. The highest BCUT2D eigenvalue weighted by Crippen LogP contribution is 2.57. The Bertz CT molecular complexity index is 1570. The molecule has 3 atom stereocenters. The number of fused-ring (bicyclic) bond motifs is 1. The van der Waals surface area contributed by atoms with Gasteiger partial charge in [-0.3, -0.25) is 13.8 Å². The first-order valence-corrected chi connectivity index (χ1v) is 15.0. The Morgan fingerprint density at radius 3 is 2.74 bits per heavy atom. The molecule has 0 spiro atoms. The molecular weight excluding hydrogens is 584 g/mol. The molecule has 0 amide bonds. The van der Waals surface area contributed by atoms with E-state index in [-0.39, 0.29) is 23.3 Å². The Morgan fingerprint density at radius 2 is 2.00 bits per heavy atom. The molecule has 0 radical (unpaired) electrons. The molecule has 0 saturated heterocycles. The first-order chi connectivity index (χ1) is 18.6. The third-order valence-corrected chi connectivity index (χ3v) is 9.92. The van der Waals surface area contributed by atoms with Crippen LogP contribution in [0.1, 0.15) is 58.1 Å². The number of halogens is 1. The van der Waals surface area contributed by atoms with Gasteiger partial charge in [0, 0.05) is 42.6 Å². The number of nitrogens with zero attached hydrogens (tertiary/aromatic N) is 6. The lowest BCUT2D eigenvalue weighted by Gasteiger charge is -2.43. The van der Waals surface area contributed by atoms with E-state index in [9.17, 15) is 19.0 Å². The number of benzene rings is 2. The number of aromatic nitrogens is 5. The Hall–Kier alpha value is -3.03. The number of carboxylic acids is 1. The molecule has 2 aliphatic rings. The van der Waals surface area contributed by atoms with Crippen molar-refractivity contribution in [2.24, 2.45) is 13.0 Å². The number of carbonyl (C=O) groups is 1. The van der Waals surface area contributed by atoms with Crippen LogP contribution in [-0.2, 0) is 20.0 Å². The minimum Gasteiger partial charge on any atom is -0.478 e. The monoisotopic (exact) mass is 612 g/mol. The van der Waals surface area contributed by atoms with Crippen molar-refractivity contribution in [1.82, 2.24) is 29.1 Å². The highest BCUT2D eigenvalue weighted by molar-refractivity contribution is 9.10. The van der Waals surface area contributed by atoms with Gasteiger partial charge in [0.2, 0.25) is 0 Å². The van der Waals surface area contributed by atoms with Crippen LogP contribution >= 0.6 is 26.7 Å². The summed E-state index contributed by atoms with van der Waals surface area (Å²) in [5.74, 6) is -0.742. The third kappa shape index (κ3) is 4.91. The average molecular weight is 614 g/mol. The quantitative estimate of drug-likeness (QED) is 0.262. The van der Waals surface area contributed by atoms with E-state index in [1.54, 1.807) is 19.7 Å². The first-order valence-electron chi connectivity index (χ1n) is 12.7. The average Bonchev–Trinajstić information content (AvgIpc) is 3.36. The van der Waals surface area contributed by atoms with Gasteiger partial charge in [0.25, 0.3) is 0 Å². The van der Waals surface area contributed by atoms with E-state index in [4.69, 9.17) is 0 Å². The summed E-state index contributed by atoms with van der Waals surface area (Å²) in [4.78, 5) is 12.6. The van der Waals surface area contributed by atoms with Crippen molar-refractivity contribution in [3.05, 3.63) is 87.4 Å². The van der Waals surface area contributed by atoms with Crippen LogP contribution in [0.15, 0.2) is 64.2 Å². The zero-order chi connectivity index (χ0) is 27.5. The Kier molecular flexibility index (Phi) is 6.63. The number of hydrogen-bond donors (Lipinski definition) is 3. The maximum Gasteiger partial charge on any atom is 0.339 e. The fraction of sp³-hybridized carbons (Fsp3) is 0.333. The van der Waals surface area contributed by atoms with Crippen LogP contribution in [0, 0.1) is 5.92 Å². The zero-order valence-corrected chi connectivity index (χ0v) is 23.9. The van der Waals surface area contributed by atoms with Gasteiger partial charge >= 0.3 is 5.97 Å². The van der Waals surface area contributed by atoms with E-state index in [0.717, 1.165) is 39.8 Å². The molecular formula is C27H29BrN6O4S. The molecule has 204 valence electrons. The molecule has 0 bridgehead atoms. The molecule has 4 aromatic rings. The van der Waals surface area contributed by atoms with Gasteiger partial charge in [0.05, 0.1) is 28.2 Å². The van der Waals surface area contributed by atoms with Gasteiger partial charge in [0.15, 0.2) is 0 Å². The minimum atomic E-state index is -3.22. The number of hydrogen-bond acceptors (Lipinski definition) is 7. The summed E-state index contributed by atoms with van der Waals surface area (Å²) in [5.41, 5.74) is 4.20. The molecule has 12 heteroatoms. The molecule has 1 aliphatic heterocycles. The van der Waals surface area contributed by atoms with Crippen LogP contribution in [-0.4, -0.2) is 55.8 Å². The topological polar surface area (TPSA) is 130 Å². The van der Waals surface area contributed by atoms with Gasteiger partial charge in [-0.15, -0.1) is 15.9 Å². The van der Waals surface area contributed by atoms with Gasteiger partial charge in [-0.2, -0.15) is 9.40 Å². The summed E-state index contributed by atoms with van der Waals surface area (Å²) >= 11 is 3.47. The molecule has 6 rings (SSSR count). The van der Waals surface area contributed by atoms with Gasteiger partial charge in [-0.05, 0) is 54.2 Å². The van der Waals surface area contributed by atoms with Gasteiger partial charge in [-0.1, -0.05) is 46.3 Å². The maximum absolute atomic E-state index is 12.1. The van der Waals surface area contributed by atoms with Crippen LogP contribution in [0.4, 0.5) is 0 Å². The lowest BCUT2D eigenvalue weighted by molar-refractivity contribution is 0.0695. The van der Waals surface area contributed by atoms with Crippen molar-refractivity contribution in [2.75, 3.05) is 6.54 Å². The van der Waals surface area contributed by atoms with Gasteiger partial charge in [-0.25, -0.2) is 9.48 Å². The highest BCUT2D eigenvalue weighted by Gasteiger charge is 2.46. The second-order valence-electron chi connectivity index (χ2n) is 10.5. The van der Waals surface area contributed by atoms with Crippen LogP contribution in [0.5, 0.6) is 0 Å². The second kappa shape index (κ2) is 9.86. The maximum atomic E-state index is 12.1. The fourth-order valence-electron chi connectivity index (χ4n) is 5.57. The first kappa shape index (κ1) is 26.2. The summed E-state index contributed by atoms with van der Waals surface area (Å²) in [6.45, 7) is 2.96. The predicted octanol–water partition coefficient (Wildman–Crippen LogP) is 5.45. The van der Waals surface area contributed by atoms with Crippen molar-refractivity contribution < 1.29 is 19.0 Å². The van der Waals surface area contributed by atoms with Crippen LogP contribution < -0.4 is 0 Å². The molecule has 1 saturated carbocycles. The molecule has 2 aromatic heterocycles. The summed E-state index contributed by atoms with van der Waals surface area (Å²) in [6, 6.07) is 13.4. The summed E-state index contributed by atoms with van der Waals surface area (Å²) in [6.07, 6.45) is 4.80. The molecule has 39 heavy (non-hydrogen) atoms. The second-order valence-corrected chi connectivity index (χ2v) is 13.4. The zero-order valence-electron chi connectivity index (χ0n) is 21.5. The van der Waals surface area contributed by atoms with Crippen molar-refractivity contribution in [3.63, 3.8) is 0 Å².